The molecule has 4 nitrogen and oxygen atoms in total. The van der Waals surface area contributed by atoms with Gasteiger partial charge in [0, 0.05) is 18.6 Å². The summed E-state index contributed by atoms with van der Waals surface area (Å²) >= 11 is 0. The van der Waals surface area contributed by atoms with E-state index in [0.29, 0.717) is 12.6 Å². The number of nitrogens with one attached hydrogen (secondary N) is 1. The van der Waals surface area contributed by atoms with Crippen LogP contribution in [0.2, 0.25) is 0 Å². The second-order valence-corrected chi connectivity index (χ2v) is 5.47. The molecule has 2 aliphatic carbocycles. The van der Waals surface area contributed by atoms with Gasteiger partial charge in [-0.1, -0.05) is 0 Å². The Balaban J connectivity index is 0.00000144. The number of hydrogen-bond donors (Lipinski definition) is 2. The fourth-order valence-electron chi connectivity index (χ4n) is 2.19. The molecule has 2 aliphatic rings. The summed E-state index contributed by atoms with van der Waals surface area (Å²) in [5.41, 5.74) is 5.40. The lowest BCUT2D eigenvalue weighted by molar-refractivity contribution is -0.129. The Morgan fingerprint density at radius 1 is 1.44 bits per heavy atom. The van der Waals surface area contributed by atoms with Crippen LogP contribution < -0.4 is 11.1 Å². The van der Waals surface area contributed by atoms with Gasteiger partial charge >= 0.3 is 0 Å². The van der Waals surface area contributed by atoms with Crippen molar-refractivity contribution in [3.8, 4) is 0 Å². The quantitative estimate of drug-likeness (QED) is 0.804. The van der Waals surface area contributed by atoms with E-state index < -0.39 is 5.54 Å². The number of halogens is 2. The van der Waals surface area contributed by atoms with Gasteiger partial charge in [0.2, 0.25) is 5.91 Å². The Labute approximate surface area is 122 Å². The van der Waals surface area contributed by atoms with E-state index in [1.165, 1.54) is 12.8 Å². The fourth-order valence-corrected chi connectivity index (χ4v) is 2.19. The minimum Gasteiger partial charge on any atom is -0.353 e. The van der Waals surface area contributed by atoms with Gasteiger partial charge in [-0.25, -0.2) is 0 Å². The third-order valence-electron chi connectivity index (χ3n) is 4.07. The Kier molecular flexibility index (Phi) is 6.93. The summed E-state index contributed by atoms with van der Waals surface area (Å²) in [5.74, 6) is 0.0368. The molecule has 2 rings (SSSR count). The van der Waals surface area contributed by atoms with Crippen molar-refractivity contribution < 1.29 is 4.79 Å². The molecule has 18 heavy (non-hydrogen) atoms. The van der Waals surface area contributed by atoms with Crippen LogP contribution in [0.3, 0.4) is 0 Å². The smallest absolute Gasteiger partial charge is 0.240 e. The van der Waals surface area contributed by atoms with Crippen LogP contribution in [0.4, 0.5) is 0 Å². The molecular weight excluding hydrogens is 273 g/mol. The third kappa shape index (κ3) is 3.98. The molecule has 0 saturated heterocycles. The summed E-state index contributed by atoms with van der Waals surface area (Å²) < 4.78 is 0. The molecule has 3 N–H and O–H groups in total. The summed E-state index contributed by atoms with van der Waals surface area (Å²) in [7, 11) is 2.13. The zero-order chi connectivity index (χ0) is 11.8. The maximum atomic E-state index is 11.8. The summed E-state index contributed by atoms with van der Waals surface area (Å²) in [6.07, 6.45) is 5.37. The van der Waals surface area contributed by atoms with Crippen LogP contribution in [-0.4, -0.2) is 42.0 Å². The molecule has 0 aromatic carbocycles. The highest BCUT2D eigenvalue weighted by molar-refractivity contribution is 5.87. The summed E-state index contributed by atoms with van der Waals surface area (Å²) in [5, 5.41) is 2.98. The highest BCUT2D eigenvalue weighted by Gasteiger charge is 2.40. The molecule has 0 aromatic rings. The van der Waals surface area contributed by atoms with Crippen molar-refractivity contribution in [3.05, 3.63) is 0 Å². The first-order valence-corrected chi connectivity index (χ1v) is 6.32. The number of nitrogens with two attached hydrogens (primary N) is 1. The van der Waals surface area contributed by atoms with E-state index in [4.69, 9.17) is 5.73 Å². The lowest BCUT2D eigenvalue weighted by Gasteiger charge is -2.37. The number of nitrogens with zero attached hydrogens (tertiary/aromatic N) is 1. The number of likely N-dealkylation sites (N-methyl/N-ethyl adjacent to an activating group) is 1. The average Bonchev–Trinajstić information content (AvgIpc) is 3.04. The monoisotopic (exact) mass is 297 g/mol. The van der Waals surface area contributed by atoms with Crippen LogP contribution in [0.1, 0.15) is 39.0 Å². The van der Waals surface area contributed by atoms with E-state index in [9.17, 15) is 4.79 Å². The molecule has 2 saturated carbocycles. The van der Waals surface area contributed by atoms with E-state index in [0.717, 1.165) is 25.3 Å². The van der Waals surface area contributed by atoms with Crippen molar-refractivity contribution in [3.63, 3.8) is 0 Å². The lowest BCUT2D eigenvalue weighted by atomic mass is 9.77. The van der Waals surface area contributed by atoms with Crippen LogP contribution >= 0.6 is 24.8 Å². The number of carbonyl (C=O) groups excluding carboxylic acids is 1. The van der Waals surface area contributed by atoms with Crippen molar-refractivity contribution in [1.29, 1.82) is 0 Å². The second-order valence-electron chi connectivity index (χ2n) is 5.47. The van der Waals surface area contributed by atoms with Crippen LogP contribution in [-0.2, 0) is 4.79 Å². The van der Waals surface area contributed by atoms with Gasteiger partial charge in [0.05, 0.1) is 5.54 Å². The Bertz CT molecular complexity index is 280. The average molecular weight is 298 g/mol. The molecule has 108 valence electrons. The molecule has 2 fully saturated rings. The van der Waals surface area contributed by atoms with E-state index in [1.54, 1.807) is 0 Å². The molecule has 0 spiro atoms. The van der Waals surface area contributed by atoms with Crippen LogP contribution in [0.15, 0.2) is 0 Å². The molecule has 0 aromatic heterocycles. The number of carbonyl (C=O) groups is 1. The zero-order valence-corrected chi connectivity index (χ0v) is 12.8. The molecular formula is C12H25Cl2N3O. The second kappa shape index (κ2) is 6.94. The maximum Gasteiger partial charge on any atom is 0.240 e. The van der Waals surface area contributed by atoms with Gasteiger partial charge in [0.25, 0.3) is 0 Å². The lowest BCUT2D eigenvalue weighted by Crippen LogP contribution is -2.59. The van der Waals surface area contributed by atoms with E-state index in [2.05, 4.69) is 24.2 Å². The SMILES string of the molecule is CC(CNC(=O)C1(N)CCC1)N(C)C1CC1.Cl.Cl. The first kappa shape index (κ1) is 18.0. The van der Waals surface area contributed by atoms with Crippen LogP contribution in [0.25, 0.3) is 0 Å². The fraction of sp³-hybridized carbons (Fsp3) is 0.917. The van der Waals surface area contributed by atoms with Crippen LogP contribution in [0.5, 0.6) is 0 Å². The maximum absolute atomic E-state index is 11.8. The van der Waals surface area contributed by atoms with Gasteiger partial charge in [-0.15, -0.1) is 24.8 Å². The van der Waals surface area contributed by atoms with Crippen molar-refractivity contribution in [2.45, 2.75) is 56.7 Å². The van der Waals surface area contributed by atoms with Crippen molar-refractivity contribution in [1.82, 2.24) is 10.2 Å². The minimum absolute atomic E-state index is 0. The first-order valence-electron chi connectivity index (χ1n) is 6.32. The summed E-state index contributed by atoms with van der Waals surface area (Å²) in [6, 6.07) is 1.14. The number of rotatable bonds is 5. The van der Waals surface area contributed by atoms with Gasteiger partial charge in [-0.3, -0.25) is 9.69 Å². The summed E-state index contributed by atoms with van der Waals surface area (Å²) in [4.78, 5) is 14.2. The molecule has 0 bridgehead atoms. The Morgan fingerprint density at radius 2 is 2.00 bits per heavy atom. The van der Waals surface area contributed by atoms with Crippen molar-refractivity contribution in [2.75, 3.05) is 13.6 Å². The molecule has 0 aliphatic heterocycles. The highest BCUT2D eigenvalue weighted by Crippen LogP contribution is 2.29. The van der Waals surface area contributed by atoms with Crippen molar-refractivity contribution in [2.24, 2.45) is 5.73 Å². The molecule has 1 atom stereocenters. The predicted molar refractivity (Wildman–Crippen MR) is 78.5 cm³/mol. The predicted octanol–water partition coefficient (Wildman–Crippen LogP) is 1.31. The normalized spacial score (nSPS) is 22.2. The molecule has 0 radical (unpaired) electrons. The van der Waals surface area contributed by atoms with Gasteiger partial charge in [0.1, 0.15) is 0 Å². The minimum atomic E-state index is -0.558. The van der Waals surface area contributed by atoms with Gasteiger partial charge < -0.3 is 11.1 Å². The van der Waals surface area contributed by atoms with Gasteiger partial charge in [-0.05, 0) is 46.1 Å². The van der Waals surface area contributed by atoms with Gasteiger partial charge in [-0.2, -0.15) is 0 Å². The molecule has 1 unspecified atom stereocenters. The van der Waals surface area contributed by atoms with Gasteiger partial charge in [0.15, 0.2) is 0 Å². The van der Waals surface area contributed by atoms with E-state index in [1.807, 2.05) is 0 Å². The Hall–Kier alpha value is -0.0300. The van der Waals surface area contributed by atoms with E-state index >= 15 is 0 Å². The van der Waals surface area contributed by atoms with E-state index in [-0.39, 0.29) is 30.7 Å². The Morgan fingerprint density at radius 3 is 2.39 bits per heavy atom. The topological polar surface area (TPSA) is 58.4 Å². The number of amides is 1. The van der Waals surface area contributed by atoms with Crippen LogP contribution in [0, 0.1) is 0 Å². The standard InChI is InChI=1S/C12H23N3O.2ClH/c1-9(15(2)10-4-5-10)8-14-11(16)12(13)6-3-7-12;;/h9-10H,3-8,13H2,1-2H3,(H,14,16);2*1H. The molecule has 6 heteroatoms. The summed E-state index contributed by atoms with van der Waals surface area (Å²) in [6.45, 7) is 2.87. The zero-order valence-electron chi connectivity index (χ0n) is 11.1. The molecule has 1 amide bonds. The number of hydrogen-bond acceptors (Lipinski definition) is 3. The highest BCUT2D eigenvalue weighted by atomic mass is 35.5. The molecule has 0 heterocycles. The third-order valence-corrected chi connectivity index (χ3v) is 4.07. The first-order chi connectivity index (χ1) is 7.53. The largest absolute Gasteiger partial charge is 0.353 e. The van der Waals surface area contributed by atoms with Crippen molar-refractivity contribution >= 4 is 30.7 Å².